The Balaban J connectivity index is 1.61. The molecule has 1 saturated carbocycles. The van der Waals surface area contributed by atoms with Crippen molar-refractivity contribution in [3.05, 3.63) is 60.2 Å². The minimum atomic E-state index is 0.307. The van der Waals surface area contributed by atoms with E-state index in [4.69, 9.17) is 0 Å². The van der Waals surface area contributed by atoms with Crippen LogP contribution in [0.5, 0.6) is 0 Å². The second kappa shape index (κ2) is 11.8. The first-order valence-corrected chi connectivity index (χ1v) is 10.1. The van der Waals surface area contributed by atoms with Crippen LogP contribution in [0.3, 0.4) is 0 Å². The quantitative estimate of drug-likeness (QED) is 0.324. The van der Waals surface area contributed by atoms with Gasteiger partial charge in [-0.05, 0) is 75.7 Å². The lowest BCUT2D eigenvalue weighted by atomic mass is 9.92. The third kappa shape index (κ3) is 8.34. The first-order chi connectivity index (χ1) is 12.3. The first kappa shape index (κ1) is 19.7. The molecule has 0 aliphatic heterocycles. The van der Waals surface area contributed by atoms with E-state index in [1.807, 2.05) is 0 Å². The molecular weight excluding hydrogens is 304 g/mol. The van der Waals surface area contributed by atoms with Gasteiger partial charge in [-0.15, -0.1) is 0 Å². The predicted molar refractivity (Wildman–Crippen MR) is 108 cm³/mol. The Hall–Kier alpha value is -1.63. The average Bonchev–Trinajstić information content (AvgIpc) is 3.06. The van der Waals surface area contributed by atoms with Crippen molar-refractivity contribution in [1.82, 2.24) is 0 Å². The molecule has 1 aliphatic carbocycles. The molecule has 25 heavy (non-hydrogen) atoms. The predicted octanol–water partition coefficient (Wildman–Crippen LogP) is 6.69. The Bertz CT molecular complexity index is 540. The van der Waals surface area contributed by atoms with Gasteiger partial charge in [0.2, 0.25) is 0 Å². The molecule has 2 rings (SSSR count). The van der Waals surface area contributed by atoms with Crippen molar-refractivity contribution in [3.63, 3.8) is 0 Å². The van der Waals surface area contributed by atoms with E-state index in [1.54, 1.807) is 6.92 Å². The number of rotatable bonds is 11. The fourth-order valence-corrected chi connectivity index (χ4v) is 3.81. The van der Waals surface area contributed by atoms with Crippen LogP contribution in [0.4, 0.5) is 0 Å². The van der Waals surface area contributed by atoms with Gasteiger partial charge in [-0.1, -0.05) is 61.1 Å². The fourth-order valence-electron chi connectivity index (χ4n) is 3.81. The van der Waals surface area contributed by atoms with Gasteiger partial charge in [0.25, 0.3) is 0 Å². The second-order valence-electron chi connectivity index (χ2n) is 7.46. The summed E-state index contributed by atoms with van der Waals surface area (Å²) in [7, 11) is 0. The van der Waals surface area contributed by atoms with Crippen LogP contribution in [-0.4, -0.2) is 5.78 Å². The molecular formula is C24H34O. The molecule has 1 aromatic carbocycles. The largest absolute Gasteiger partial charge is 0.300 e. The standard InChI is InChI=1S/C24H34O/c1-21(25)13-6-2-3-10-17-23-19-12-20-24(23)18-11-5-9-16-22-14-7-4-8-15-22/h3-4,7-8,10-11,14-15,18,23-24H,2,5-6,9,12-13,16-17,19-20H2,1H3/b10-3-,18-11+/t23-,24?/m0/s1. The molecule has 0 spiro atoms. The van der Waals surface area contributed by atoms with Crippen LogP contribution in [0.25, 0.3) is 0 Å². The van der Waals surface area contributed by atoms with E-state index in [9.17, 15) is 4.79 Å². The maximum absolute atomic E-state index is 10.9. The van der Waals surface area contributed by atoms with Crippen molar-refractivity contribution in [1.29, 1.82) is 0 Å². The number of carbonyl (C=O) groups is 1. The number of hydrogen-bond donors (Lipinski definition) is 0. The molecule has 0 aromatic heterocycles. The van der Waals surface area contributed by atoms with E-state index < -0.39 is 0 Å². The van der Waals surface area contributed by atoms with Crippen LogP contribution < -0.4 is 0 Å². The van der Waals surface area contributed by atoms with Gasteiger partial charge in [0, 0.05) is 6.42 Å². The smallest absolute Gasteiger partial charge is 0.129 e. The first-order valence-electron chi connectivity index (χ1n) is 10.1. The van der Waals surface area contributed by atoms with Gasteiger partial charge < -0.3 is 4.79 Å². The molecule has 1 unspecified atom stereocenters. The monoisotopic (exact) mass is 338 g/mol. The van der Waals surface area contributed by atoms with Gasteiger partial charge in [0.1, 0.15) is 5.78 Å². The third-order valence-electron chi connectivity index (χ3n) is 5.29. The summed E-state index contributed by atoms with van der Waals surface area (Å²) in [4.78, 5) is 10.9. The highest BCUT2D eigenvalue weighted by Gasteiger charge is 2.23. The number of Topliss-reactive ketones (excluding diaryl/α,β-unsaturated/α-hetero) is 1. The van der Waals surface area contributed by atoms with Crippen molar-refractivity contribution in [3.8, 4) is 0 Å². The Morgan fingerprint density at radius 1 is 1.04 bits per heavy atom. The number of ketones is 1. The molecule has 0 amide bonds. The SMILES string of the molecule is CC(=O)CCC/C=C\C[C@H]1CCCC1/C=C/CCCc1ccccc1. The molecule has 0 saturated heterocycles. The number of aryl methyl sites for hydroxylation is 1. The molecule has 1 fully saturated rings. The molecule has 0 bridgehead atoms. The maximum atomic E-state index is 10.9. The molecule has 0 N–H and O–H groups in total. The summed E-state index contributed by atoms with van der Waals surface area (Å²) in [5, 5.41) is 0. The summed E-state index contributed by atoms with van der Waals surface area (Å²) in [6.07, 6.45) is 21.3. The lowest BCUT2D eigenvalue weighted by Gasteiger charge is -2.14. The van der Waals surface area contributed by atoms with E-state index in [2.05, 4.69) is 54.6 Å². The summed E-state index contributed by atoms with van der Waals surface area (Å²) in [5.41, 5.74) is 1.45. The van der Waals surface area contributed by atoms with E-state index >= 15 is 0 Å². The van der Waals surface area contributed by atoms with Crippen molar-refractivity contribution in [2.24, 2.45) is 11.8 Å². The van der Waals surface area contributed by atoms with Crippen LogP contribution >= 0.6 is 0 Å². The van der Waals surface area contributed by atoms with Crippen LogP contribution in [0.15, 0.2) is 54.6 Å². The Morgan fingerprint density at radius 3 is 2.64 bits per heavy atom. The number of carbonyl (C=O) groups excluding carboxylic acids is 1. The van der Waals surface area contributed by atoms with Gasteiger partial charge in [0.05, 0.1) is 0 Å². The number of allylic oxidation sites excluding steroid dienone is 4. The van der Waals surface area contributed by atoms with E-state index in [0.717, 1.165) is 31.1 Å². The summed E-state index contributed by atoms with van der Waals surface area (Å²) >= 11 is 0. The molecule has 1 heteroatoms. The average molecular weight is 339 g/mol. The lowest BCUT2D eigenvalue weighted by Crippen LogP contribution is -2.03. The minimum Gasteiger partial charge on any atom is -0.300 e. The third-order valence-corrected chi connectivity index (χ3v) is 5.29. The molecule has 2 atom stereocenters. The Labute approximate surface area is 154 Å². The molecule has 1 aromatic rings. The van der Waals surface area contributed by atoms with Crippen LogP contribution in [0, 0.1) is 11.8 Å². The number of unbranched alkanes of at least 4 members (excludes halogenated alkanes) is 2. The van der Waals surface area contributed by atoms with Crippen LogP contribution in [0.1, 0.15) is 70.3 Å². The topological polar surface area (TPSA) is 17.1 Å². The van der Waals surface area contributed by atoms with Crippen molar-refractivity contribution in [2.75, 3.05) is 0 Å². The zero-order chi connectivity index (χ0) is 17.7. The van der Waals surface area contributed by atoms with Crippen LogP contribution in [0.2, 0.25) is 0 Å². The van der Waals surface area contributed by atoms with Crippen molar-refractivity contribution in [2.45, 2.75) is 71.1 Å². The van der Waals surface area contributed by atoms with Crippen LogP contribution in [-0.2, 0) is 11.2 Å². The maximum Gasteiger partial charge on any atom is 0.129 e. The van der Waals surface area contributed by atoms with Gasteiger partial charge in [-0.3, -0.25) is 0 Å². The summed E-state index contributed by atoms with van der Waals surface area (Å²) in [6, 6.07) is 10.8. The van der Waals surface area contributed by atoms with Gasteiger partial charge in [0.15, 0.2) is 0 Å². The van der Waals surface area contributed by atoms with Crippen molar-refractivity contribution >= 4 is 5.78 Å². The Kier molecular flexibility index (Phi) is 9.33. The zero-order valence-corrected chi connectivity index (χ0v) is 15.8. The van der Waals surface area contributed by atoms with E-state index in [0.29, 0.717) is 5.78 Å². The zero-order valence-electron chi connectivity index (χ0n) is 15.8. The molecule has 1 aliphatic rings. The lowest BCUT2D eigenvalue weighted by molar-refractivity contribution is -0.117. The highest BCUT2D eigenvalue weighted by molar-refractivity contribution is 5.75. The van der Waals surface area contributed by atoms with Gasteiger partial charge in [-0.25, -0.2) is 0 Å². The normalized spacial score (nSPS) is 20.7. The van der Waals surface area contributed by atoms with Crippen molar-refractivity contribution < 1.29 is 4.79 Å². The molecule has 0 radical (unpaired) electrons. The summed E-state index contributed by atoms with van der Waals surface area (Å²) in [5.74, 6) is 1.91. The van der Waals surface area contributed by atoms with Gasteiger partial charge in [-0.2, -0.15) is 0 Å². The number of hydrogen-bond acceptors (Lipinski definition) is 1. The Morgan fingerprint density at radius 2 is 1.84 bits per heavy atom. The highest BCUT2D eigenvalue weighted by atomic mass is 16.1. The number of benzene rings is 1. The van der Waals surface area contributed by atoms with E-state index in [-0.39, 0.29) is 0 Å². The minimum absolute atomic E-state index is 0.307. The molecule has 1 nitrogen and oxygen atoms in total. The van der Waals surface area contributed by atoms with Gasteiger partial charge >= 0.3 is 0 Å². The molecule has 0 heterocycles. The summed E-state index contributed by atoms with van der Waals surface area (Å²) in [6.45, 7) is 1.68. The summed E-state index contributed by atoms with van der Waals surface area (Å²) < 4.78 is 0. The second-order valence-corrected chi connectivity index (χ2v) is 7.46. The highest BCUT2D eigenvalue weighted by Crippen LogP contribution is 2.35. The van der Waals surface area contributed by atoms with E-state index in [1.165, 1.54) is 50.5 Å². The fraction of sp³-hybridized carbons (Fsp3) is 0.542. The molecule has 136 valence electrons.